The number of rotatable bonds is 23. The number of carbonyl (C=O) groups excluding carboxylic acids is 1. The molecule has 0 spiro atoms. The van der Waals surface area contributed by atoms with Gasteiger partial charge in [-0.2, -0.15) is 0 Å². The van der Waals surface area contributed by atoms with E-state index in [-0.39, 0.29) is 25.7 Å². The number of nitrogens with one attached hydrogen (secondary N) is 1. The number of hydrogen-bond acceptors (Lipinski definition) is 5. The van der Waals surface area contributed by atoms with Crippen LogP contribution in [-0.4, -0.2) is 75.4 Å². The van der Waals surface area contributed by atoms with Crippen molar-refractivity contribution in [3.8, 4) is 0 Å². The van der Waals surface area contributed by atoms with Crippen LogP contribution in [-0.2, 0) is 23.1 Å². The van der Waals surface area contributed by atoms with Crippen LogP contribution in [0.25, 0.3) is 0 Å². The Kier molecular flexibility index (Phi) is 19.5. The average Bonchev–Trinajstić information content (AvgIpc) is 2.73. The van der Waals surface area contributed by atoms with Crippen LogP contribution in [0, 0.1) is 0 Å². The molecule has 198 valence electrons. The van der Waals surface area contributed by atoms with Gasteiger partial charge in [-0.25, -0.2) is 4.57 Å². The first-order valence-electron chi connectivity index (χ1n) is 12.9. The molecule has 0 saturated heterocycles. The van der Waals surface area contributed by atoms with Crippen molar-refractivity contribution in [2.45, 2.75) is 97.0 Å². The number of likely N-dealkylation sites (N-methyl/N-ethyl adjacent to an activating group) is 1. The number of quaternary nitrogens is 1. The summed E-state index contributed by atoms with van der Waals surface area (Å²) in [6.07, 6.45) is 12.4. The second kappa shape index (κ2) is 19.8. The highest BCUT2D eigenvalue weighted by Gasteiger charge is 2.25. The molecular weight excluding hydrogens is 443 g/mol. The third kappa shape index (κ3) is 23.0. The van der Waals surface area contributed by atoms with Gasteiger partial charge >= 0.3 is 7.82 Å². The molecule has 8 nitrogen and oxygen atoms in total. The Morgan fingerprint density at radius 3 is 2.06 bits per heavy atom. The van der Waals surface area contributed by atoms with Crippen LogP contribution in [0.3, 0.4) is 0 Å². The monoisotopic (exact) mass is 495 g/mol. The highest BCUT2D eigenvalue weighted by atomic mass is 31.2. The van der Waals surface area contributed by atoms with Gasteiger partial charge in [-0.3, -0.25) is 13.8 Å². The van der Waals surface area contributed by atoms with Crippen LogP contribution in [0.4, 0.5) is 0 Å². The molecule has 0 aliphatic rings. The van der Waals surface area contributed by atoms with Crippen LogP contribution < -0.4 is 5.32 Å². The maximum Gasteiger partial charge on any atom is 0.472 e. The van der Waals surface area contributed by atoms with E-state index >= 15 is 0 Å². The van der Waals surface area contributed by atoms with Gasteiger partial charge in [-0.05, 0) is 12.8 Å². The molecule has 0 heterocycles. The molecular formula is C24H52N2O6P+. The zero-order chi connectivity index (χ0) is 25.0. The van der Waals surface area contributed by atoms with Crippen LogP contribution in [0.15, 0.2) is 0 Å². The third-order valence-electron chi connectivity index (χ3n) is 5.33. The summed E-state index contributed by atoms with van der Waals surface area (Å²) in [6.45, 7) is 5.73. The molecule has 2 unspecified atom stereocenters. The van der Waals surface area contributed by atoms with E-state index in [1.165, 1.54) is 32.1 Å². The number of phosphoric acid groups is 1. The molecule has 0 saturated carbocycles. The smallest absolute Gasteiger partial charge is 0.374 e. The van der Waals surface area contributed by atoms with E-state index in [9.17, 15) is 14.3 Å². The fourth-order valence-electron chi connectivity index (χ4n) is 3.15. The Labute approximate surface area is 202 Å². The summed E-state index contributed by atoms with van der Waals surface area (Å²) in [5, 5.41) is 2.89. The molecule has 0 aromatic carbocycles. The molecule has 0 aliphatic heterocycles. The highest BCUT2D eigenvalue weighted by molar-refractivity contribution is 7.47. The maximum atomic E-state index is 12.2. The number of unbranched alkanes of at least 4 members (excludes halogenated alkanes) is 9. The highest BCUT2D eigenvalue weighted by Crippen LogP contribution is 2.43. The number of carbonyl (C=O) groups is 1. The molecule has 1 amide bonds. The Morgan fingerprint density at radius 1 is 0.879 bits per heavy atom. The fraction of sp³-hybridized carbons (Fsp3) is 0.958. The number of hydrogen-bond donors (Lipinski definition) is 2. The van der Waals surface area contributed by atoms with Crippen LogP contribution >= 0.6 is 7.82 Å². The van der Waals surface area contributed by atoms with Crippen molar-refractivity contribution in [2.24, 2.45) is 0 Å². The zero-order valence-corrected chi connectivity index (χ0v) is 22.9. The van der Waals surface area contributed by atoms with Crippen molar-refractivity contribution < 1.29 is 32.5 Å². The molecule has 0 aliphatic carbocycles. The lowest BCUT2D eigenvalue weighted by molar-refractivity contribution is -0.870. The minimum atomic E-state index is -4.17. The second-order valence-electron chi connectivity index (χ2n) is 9.84. The van der Waals surface area contributed by atoms with E-state index in [4.69, 9.17) is 13.8 Å². The van der Waals surface area contributed by atoms with E-state index in [2.05, 4.69) is 19.2 Å². The lowest BCUT2D eigenvalue weighted by Crippen LogP contribution is -2.37. The molecule has 0 rings (SSSR count). The Morgan fingerprint density at radius 2 is 1.45 bits per heavy atom. The van der Waals surface area contributed by atoms with Crippen molar-refractivity contribution in [1.29, 1.82) is 0 Å². The summed E-state index contributed by atoms with van der Waals surface area (Å²) in [5.74, 6) is -0.0190. The van der Waals surface area contributed by atoms with Crippen molar-refractivity contribution in [2.75, 3.05) is 54.1 Å². The topological polar surface area (TPSA) is 94.1 Å². The van der Waals surface area contributed by atoms with Gasteiger partial charge < -0.3 is 19.4 Å². The lowest BCUT2D eigenvalue weighted by atomic mass is 10.1. The third-order valence-corrected chi connectivity index (χ3v) is 6.31. The van der Waals surface area contributed by atoms with Gasteiger partial charge in [0.2, 0.25) is 5.91 Å². The summed E-state index contributed by atoms with van der Waals surface area (Å²) in [6, 6.07) is 0. The number of ether oxygens (including phenoxy) is 1. The second-order valence-corrected chi connectivity index (χ2v) is 11.3. The summed E-state index contributed by atoms with van der Waals surface area (Å²) < 4.78 is 28.9. The first kappa shape index (κ1) is 32.5. The molecule has 2 N–H and O–H groups in total. The molecule has 2 atom stereocenters. The predicted molar refractivity (Wildman–Crippen MR) is 134 cm³/mol. The van der Waals surface area contributed by atoms with Crippen LogP contribution in [0.1, 0.15) is 90.9 Å². The average molecular weight is 496 g/mol. The van der Waals surface area contributed by atoms with Gasteiger partial charge in [-0.15, -0.1) is 0 Å². The molecule has 0 aromatic rings. The lowest BCUT2D eigenvalue weighted by Gasteiger charge is -2.24. The van der Waals surface area contributed by atoms with Crippen molar-refractivity contribution in [3.63, 3.8) is 0 Å². The van der Waals surface area contributed by atoms with E-state index in [0.717, 1.165) is 38.5 Å². The van der Waals surface area contributed by atoms with Gasteiger partial charge in [0.15, 0.2) is 0 Å². The van der Waals surface area contributed by atoms with Gasteiger partial charge in [-0.1, -0.05) is 71.6 Å². The van der Waals surface area contributed by atoms with Gasteiger partial charge in [0, 0.05) is 19.6 Å². The maximum absolute atomic E-state index is 12.2. The van der Waals surface area contributed by atoms with E-state index < -0.39 is 13.9 Å². The number of amides is 1. The van der Waals surface area contributed by atoms with Crippen LogP contribution in [0.5, 0.6) is 0 Å². The Hall–Kier alpha value is -0.500. The predicted octanol–water partition coefficient (Wildman–Crippen LogP) is 5.05. The number of nitrogens with zero attached hydrogens (tertiary/aromatic N) is 1. The SMILES string of the molecule is CCCCCCCCCC(=O)NCC(COP(=O)(O)OCC[N+](C)(C)C)OCCCCCC. The van der Waals surface area contributed by atoms with Gasteiger partial charge in [0.1, 0.15) is 13.2 Å². The summed E-state index contributed by atoms with van der Waals surface area (Å²) in [7, 11) is 1.76. The molecule has 0 radical (unpaired) electrons. The van der Waals surface area contributed by atoms with E-state index in [1.807, 2.05) is 21.1 Å². The zero-order valence-electron chi connectivity index (χ0n) is 22.0. The van der Waals surface area contributed by atoms with Crippen LogP contribution in [0.2, 0.25) is 0 Å². The Balaban J connectivity index is 4.35. The summed E-state index contributed by atoms with van der Waals surface area (Å²) >= 11 is 0. The quantitative estimate of drug-likeness (QED) is 0.117. The molecule has 0 aromatic heterocycles. The molecule has 33 heavy (non-hydrogen) atoms. The van der Waals surface area contributed by atoms with Crippen molar-refractivity contribution >= 4 is 13.7 Å². The minimum absolute atomic E-state index is 0.0190. The summed E-state index contributed by atoms with van der Waals surface area (Å²) in [4.78, 5) is 22.2. The first-order chi connectivity index (χ1) is 15.6. The van der Waals surface area contributed by atoms with E-state index in [0.29, 0.717) is 24.1 Å². The Bertz CT molecular complexity index is 528. The molecule has 9 heteroatoms. The standard InChI is InChI=1S/C24H51N2O6P/c1-6-8-10-12-13-14-15-17-24(27)25-21-23(30-19-16-11-9-7-2)22-32-33(28,29)31-20-18-26(3,4)5/h23H,6-22H2,1-5H3,(H-,25,27,28,29)/p+1. The molecule has 0 fully saturated rings. The normalized spacial score (nSPS) is 14.7. The van der Waals surface area contributed by atoms with Crippen molar-refractivity contribution in [1.82, 2.24) is 5.32 Å². The van der Waals surface area contributed by atoms with E-state index in [1.54, 1.807) is 0 Å². The first-order valence-corrected chi connectivity index (χ1v) is 14.4. The molecule has 0 bridgehead atoms. The minimum Gasteiger partial charge on any atom is -0.374 e. The van der Waals surface area contributed by atoms with Gasteiger partial charge in [0.05, 0.1) is 33.9 Å². The largest absolute Gasteiger partial charge is 0.472 e. The summed E-state index contributed by atoms with van der Waals surface area (Å²) in [5.41, 5.74) is 0. The van der Waals surface area contributed by atoms with Gasteiger partial charge in [0.25, 0.3) is 0 Å². The fourth-order valence-corrected chi connectivity index (χ4v) is 3.89. The van der Waals surface area contributed by atoms with Crippen molar-refractivity contribution in [3.05, 3.63) is 0 Å². The number of phosphoric ester groups is 1.